The third-order valence-corrected chi connectivity index (χ3v) is 2.28. The zero-order chi connectivity index (χ0) is 13.2. The van der Waals surface area contributed by atoms with Gasteiger partial charge in [0.05, 0.1) is 6.61 Å². The molecule has 0 aromatic heterocycles. The number of alkyl halides is 3. The molecular weight excluding hydrogens is 251 g/mol. The lowest BCUT2D eigenvalue weighted by atomic mass is 10.2. The maximum Gasteiger partial charge on any atom is 0.468 e. The van der Waals surface area contributed by atoms with E-state index in [4.69, 9.17) is 10.5 Å². The molecule has 1 atom stereocenters. The smallest absolute Gasteiger partial charge is 0.468 e. The maximum absolute atomic E-state index is 13.0. The molecule has 7 heteroatoms. The summed E-state index contributed by atoms with van der Waals surface area (Å²) in [7, 11) is 0. The molecule has 2 rings (SSSR count). The van der Waals surface area contributed by atoms with E-state index < -0.39 is 12.5 Å². The minimum atomic E-state index is -4.03. The van der Waals surface area contributed by atoms with Gasteiger partial charge in [-0.2, -0.15) is 13.2 Å². The summed E-state index contributed by atoms with van der Waals surface area (Å²) in [5.41, 5.74) is 5.29. The molecule has 2 N–H and O–H groups in total. The second kappa shape index (κ2) is 4.93. The van der Waals surface area contributed by atoms with Crippen LogP contribution in [0, 0.1) is 0 Å². The molecule has 1 aromatic rings. The Hall–Kier alpha value is -1.63. The summed E-state index contributed by atoms with van der Waals surface area (Å²) in [6.07, 6.45) is -6.29. The average molecular weight is 263 g/mol. The van der Waals surface area contributed by atoms with Gasteiger partial charge in [0.1, 0.15) is 0 Å². The number of rotatable bonds is 4. The molecule has 0 saturated carbocycles. The number of ether oxygens (including phenoxy) is 3. The fraction of sp³-hybridized carbons (Fsp3) is 0.455. The first-order valence-electron chi connectivity index (χ1n) is 5.38. The molecule has 0 amide bonds. The monoisotopic (exact) mass is 263 g/mol. The van der Waals surface area contributed by atoms with Gasteiger partial charge >= 0.3 is 12.5 Å². The van der Waals surface area contributed by atoms with Gasteiger partial charge in [0.25, 0.3) is 0 Å². The first-order valence-corrected chi connectivity index (χ1v) is 5.38. The van der Waals surface area contributed by atoms with E-state index >= 15 is 0 Å². The van der Waals surface area contributed by atoms with Crippen LogP contribution in [0.5, 0.6) is 17.2 Å². The van der Waals surface area contributed by atoms with E-state index in [1.807, 2.05) is 0 Å². The summed E-state index contributed by atoms with van der Waals surface area (Å²) in [6.45, 7) is 0.663. The normalized spacial score (nSPS) is 20.6. The van der Waals surface area contributed by atoms with Crippen LogP contribution in [0.1, 0.15) is 6.42 Å². The van der Waals surface area contributed by atoms with Crippen LogP contribution in [0.2, 0.25) is 0 Å². The van der Waals surface area contributed by atoms with Crippen molar-refractivity contribution in [2.75, 3.05) is 13.2 Å². The number of benzene rings is 1. The van der Waals surface area contributed by atoms with Crippen LogP contribution in [0.4, 0.5) is 13.2 Å². The first-order chi connectivity index (χ1) is 8.54. The minimum Gasteiger partial charge on any atom is -0.489 e. The first kappa shape index (κ1) is 12.8. The minimum absolute atomic E-state index is 0.0764. The van der Waals surface area contributed by atoms with Crippen LogP contribution in [0.3, 0.4) is 0 Å². The molecule has 18 heavy (non-hydrogen) atoms. The molecule has 1 aliphatic heterocycles. The van der Waals surface area contributed by atoms with Crippen LogP contribution in [0.25, 0.3) is 0 Å². The van der Waals surface area contributed by atoms with Crippen molar-refractivity contribution < 1.29 is 27.4 Å². The standard InChI is InChI=1S/C11H12F3NO3/c12-10-11(13,14)18-9-7(16-6-2-5-15)3-1-4-8(9)17-10/h1,3-4,10H,2,5-6,15H2. The van der Waals surface area contributed by atoms with E-state index in [0.717, 1.165) is 0 Å². The molecule has 0 radical (unpaired) electrons. The van der Waals surface area contributed by atoms with Crippen LogP contribution < -0.4 is 19.9 Å². The van der Waals surface area contributed by atoms with Gasteiger partial charge in [0, 0.05) is 0 Å². The number of para-hydroxylation sites is 1. The second-order valence-corrected chi connectivity index (χ2v) is 3.67. The Morgan fingerprint density at radius 3 is 2.89 bits per heavy atom. The predicted octanol–water partition coefficient (Wildman–Crippen LogP) is 2.07. The van der Waals surface area contributed by atoms with E-state index in [0.29, 0.717) is 13.0 Å². The Morgan fingerprint density at radius 2 is 2.17 bits per heavy atom. The molecule has 100 valence electrons. The van der Waals surface area contributed by atoms with Gasteiger partial charge in [-0.1, -0.05) is 6.07 Å². The van der Waals surface area contributed by atoms with E-state index in [9.17, 15) is 13.2 Å². The zero-order valence-electron chi connectivity index (χ0n) is 9.37. The van der Waals surface area contributed by atoms with Crippen molar-refractivity contribution in [3.8, 4) is 17.2 Å². The van der Waals surface area contributed by atoms with Crippen molar-refractivity contribution >= 4 is 0 Å². The summed E-state index contributed by atoms with van der Waals surface area (Å²) < 4.78 is 53.0. The van der Waals surface area contributed by atoms with Crippen molar-refractivity contribution in [2.24, 2.45) is 5.73 Å². The lowest BCUT2D eigenvalue weighted by molar-refractivity contribution is -0.282. The predicted molar refractivity (Wildman–Crippen MR) is 56.7 cm³/mol. The lowest BCUT2D eigenvalue weighted by Crippen LogP contribution is -2.43. The Labute approximate surface area is 101 Å². The lowest BCUT2D eigenvalue weighted by Gasteiger charge is -2.29. The zero-order valence-corrected chi connectivity index (χ0v) is 9.37. The van der Waals surface area contributed by atoms with Gasteiger partial charge < -0.3 is 19.9 Å². The summed E-state index contributed by atoms with van der Waals surface area (Å²) in [5.74, 6) is -0.334. The largest absolute Gasteiger partial charge is 0.489 e. The number of fused-ring (bicyclic) bond motifs is 1. The van der Waals surface area contributed by atoms with Crippen molar-refractivity contribution in [1.82, 2.24) is 0 Å². The SMILES string of the molecule is NCCCOc1cccc2c1OC(F)(F)C(F)O2. The molecule has 0 bridgehead atoms. The fourth-order valence-corrected chi connectivity index (χ4v) is 1.43. The van der Waals surface area contributed by atoms with E-state index in [1.54, 1.807) is 0 Å². The molecule has 1 aromatic carbocycles. The third-order valence-electron chi connectivity index (χ3n) is 2.28. The Bertz CT molecular complexity index is 428. The average Bonchev–Trinajstić information content (AvgIpc) is 2.31. The number of hydrogen-bond acceptors (Lipinski definition) is 4. The third kappa shape index (κ3) is 2.45. The summed E-state index contributed by atoms with van der Waals surface area (Å²) in [5, 5.41) is 0. The van der Waals surface area contributed by atoms with E-state index in [-0.39, 0.29) is 23.9 Å². The second-order valence-electron chi connectivity index (χ2n) is 3.67. The van der Waals surface area contributed by atoms with E-state index in [1.165, 1.54) is 18.2 Å². The van der Waals surface area contributed by atoms with Crippen molar-refractivity contribution in [1.29, 1.82) is 0 Å². The Balaban J connectivity index is 2.22. The Kier molecular flexibility index (Phi) is 3.51. The van der Waals surface area contributed by atoms with Gasteiger partial charge in [-0.05, 0) is 25.1 Å². The molecular formula is C11H12F3NO3. The summed E-state index contributed by atoms with van der Waals surface area (Å²) >= 11 is 0. The van der Waals surface area contributed by atoms with Gasteiger partial charge in [0.2, 0.25) is 5.75 Å². The van der Waals surface area contributed by atoms with Crippen molar-refractivity contribution in [3.05, 3.63) is 18.2 Å². The molecule has 1 aliphatic rings. The Morgan fingerprint density at radius 1 is 1.39 bits per heavy atom. The van der Waals surface area contributed by atoms with Crippen LogP contribution >= 0.6 is 0 Å². The summed E-state index contributed by atoms with van der Waals surface area (Å²) in [4.78, 5) is 0. The highest BCUT2D eigenvalue weighted by molar-refractivity contribution is 5.52. The molecule has 0 fully saturated rings. The molecule has 1 unspecified atom stereocenters. The number of nitrogens with two attached hydrogens (primary N) is 1. The van der Waals surface area contributed by atoms with Gasteiger partial charge in [-0.15, -0.1) is 0 Å². The number of halogens is 3. The van der Waals surface area contributed by atoms with Gasteiger partial charge in [0.15, 0.2) is 11.5 Å². The van der Waals surface area contributed by atoms with E-state index in [2.05, 4.69) is 9.47 Å². The molecule has 1 heterocycles. The maximum atomic E-state index is 13.0. The number of hydrogen-bond donors (Lipinski definition) is 1. The quantitative estimate of drug-likeness (QED) is 0.845. The summed E-state index contributed by atoms with van der Waals surface area (Å²) in [6, 6.07) is 4.26. The highest BCUT2D eigenvalue weighted by Crippen LogP contribution is 2.45. The molecule has 0 saturated heterocycles. The highest BCUT2D eigenvalue weighted by atomic mass is 19.3. The van der Waals surface area contributed by atoms with Crippen LogP contribution in [-0.4, -0.2) is 25.6 Å². The van der Waals surface area contributed by atoms with Gasteiger partial charge in [-0.25, -0.2) is 0 Å². The van der Waals surface area contributed by atoms with Crippen LogP contribution in [-0.2, 0) is 0 Å². The van der Waals surface area contributed by atoms with Gasteiger partial charge in [-0.3, -0.25) is 0 Å². The molecule has 0 aliphatic carbocycles. The van der Waals surface area contributed by atoms with Crippen molar-refractivity contribution in [3.63, 3.8) is 0 Å². The fourth-order valence-electron chi connectivity index (χ4n) is 1.43. The van der Waals surface area contributed by atoms with Crippen molar-refractivity contribution in [2.45, 2.75) is 18.9 Å². The topological polar surface area (TPSA) is 53.7 Å². The molecule has 0 spiro atoms. The highest BCUT2D eigenvalue weighted by Gasteiger charge is 2.50. The van der Waals surface area contributed by atoms with Crippen LogP contribution in [0.15, 0.2) is 18.2 Å². The molecule has 4 nitrogen and oxygen atoms in total.